The highest BCUT2D eigenvalue weighted by Gasteiger charge is 2.41. The lowest BCUT2D eigenvalue weighted by Crippen LogP contribution is -2.18. The number of fused-ring (bicyclic) bond motifs is 3. The molecule has 3 atom stereocenters. The molecule has 1 aliphatic carbocycles. The van der Waals surface area contributed by atoms with Crippen molar-refractivity contribution in [2.45, 2.75) is 24.7 Å². The van der Waals surface area contributed by atoms with Gasteiger partial charge < -0.3 is 14.2 Å². The number of hydrogen-bond donors (Lipinski definition) is 0. The summed E-state index contributed by atoms with van der Waals surface area (Å²) in [6, 6.07) is 32.7. The van der Waals surface area contributed by atoms with E-state index in [1.54, 1.807) is 0 Å². The van der Waals surface area contributed by atoms with Gasteiger partial charge in [-0.25, -0.2) is 0 Å². The first-order chi connectivity index (χ1) is 16.9. The van der Waals surface area contributed by atoms with Crippen LogP contribution in [0.3, 0.4) is 0 Å². The molecule has 3 aliphatic rings. The van der Waals surface area contributed by atoms with Crippen LogP contribution in [-0.4, -0.2) is 32.0 Å². The molecule has 2 aliphatic heterocycles. The van der Waals surface area contributed by atoms with Crippen LogP contribution in [0.25, 0.3) is 33.4 Å². The number of epoxide rings is 2. The van der Waals surface area contributed by atoms with Gasteiger partial charge >= 0.3 is 0 Å². The molecule has 0 N–H and O–H groups in total. The average molecular weight is 447 g/mol. The first-order valence-corrected chi connectivity index (χ1v) is 12.1. The van der Waals surface area contributed by atoms with Gasteiger partial charge in [0.2, 0.25) is 0 Å². The highest BCUT2D eigenvalue weighted by Crippen LogP contribution is 2.51. The second-order valence-corrected chi connectivity index (χ2v) is 9.39. The molecule has 3 heteroatoms. The number of ether oxygens (including phenoxy) is 3. The first-order valence-electron chi connectivity index (χ1n) is 12.1. The monoisotopic (exact) mass is 446 g/mol. The summed E-state index contributed by atoms with van der Waals surface area (Å²) >= 11 is 0. The highest BCUT2D eigenvalue weighted by molar-refractivity contribution is 5.93. The van der Waals surface area contributed by atoms with Gasteiger partial charge in [-0.15, -0.1) is 0 Å². The van der Waals surface area contributed by atoms with Crippen LogP contribution in [-0.2, 0) is 20.6 Å². The lowest BCUT2D eigenvalue weighted by Gasteiger charge is -2.26. The van der Waals surface area contributed by atoms with Crippen molar-refractivity contribution >= 4 is 0 Å². The van der Waals surface area contributed by atoms with Crippen LogP contribution in [0.5, 0.6) is 0 Å². The third-order valence-electron chi connectivity index (χ3n) is 7.14. The van der Waals surface area contributed by atoms with Crippen molar-refractivity contribution in [2.75, 3.05) is 19.8 Å². The van der Waals surface area contributed by atoms with Gasteiger partial charge in [-0.2, -0.15) is 0 Å². The number of rotatable bonds is 7. The zero-order valence-corrected chi connectivity index (χ0v) is 18.9. The maximum absolute atomic E-state index is 6.60. The fourth-order valence-electron chi connectivity index (χ4n) is 5.36. The molecule has 0 radical (unpaired) electrons. The molecular weight excluding hydrogens is 420 g/mol. The van der Waals surface area contributed by atoms with E-state index >= 15 is 0 Å². The van der Waals surface area contributed by atoms with Crippen LogP contribution < -0.4 is 0 Å². The molecule has 34 heavy (non-hydrogen) atoms. The Kier molecular flexibility index (Phi) is 4.87. The molecule has 168 valence electrons. The third-order valence-corrected chi connectivity index (χ3v) is 7.14. The van der Waals surface area contributed by atoms with Gasteiger partial charge in [-0.1, -0.05) is 84.9 Å². The standard InChI is InChI=1S/C31H26O3/c1-3-9-20(10-4-1)25-16-26-24-14-8-7-13-22(24)15-27(26)30(29(25)21-11-5-2-6-12-21)31(28-19-33-28)34-18-23-17-32-23/h1-14,16,23,28,31H,15,17-19H2. The molecule has 2 saturated heterocycles. The van der Waals surface area contributed by atoms with Crippen LogP contribution in [0.15, 0.2) is 91.0 Å². The van der Waals surface area contributed by atoms with Crippen molar-refractivity contribution in [1.82, 2.24) is 0 Å². The van der Waals surface area contributed by atoms with Gasteiger partial charge in [0.1, 0.15) is 18.3 Å². The molecular formula is C31H26O3. The van der Waals surface area contributed by atoms with E-state index in [0.717, 1.165) is 19.6 Å². The molecule has 2 fully saturated rings. The Labute approximate surface area is 199 Å². The van der Waals surface area contributed by atoms with E-state index in [2.05, 4.69) is 91.0 Å². The fourth-order valence-corrected chi connectivity index (χ4v) is 5.36. The molecule has 0 bridgehead atoms. The quantitative estimate of drug-likeness (QED) is 0.270. The lowest BCUT2D eigenvalue weighted by atomic mass is 9.82. The molecule has 4 aromatic carbocycles. The SMILES string of the molecule is c1ccc(-c2cc3c(c(C(OCC4CO4)C4CO4)c2-c2ccccc2)Cc2ccccc2-3)cc1. The van der Waals surface area contributed by atoms with E-state index in [1.807, 2.05) is 0 Å². The van der Waals surface area contributed by atoms with Crippen LogP contribution in [0.2, 0.25) is 0 Å². The van der Waals surface area contributed by atoms with Crippen LogP contribution in [0.1, 0.15) is 22.8 Å². The highest BCUT2D eigenvalue weighted by atomic mass is 16.6. The number of hydrogen-bond acceptors (Lipinski definition) is 3. The summed E-state index contributed by atoms with van der Waals surface area (Å²) < 4.78 is 18.0. The van der Waals surface area contributed by atoms with Crippen molar-refractivity contribution in [3.05, 3.63) is 108 Å². The Morgan fingerprint density at radius 3 is 2.12 bits per heavy atom. The summed E-state index contributed by atoms with van der Waals surface area (Å²) in [5.41, 5.74) is 11.6. The summed E-state index contributed by atoms with van der Waals surface area (Å²) in [6.45, 7) is 2.13. The maximum Gasteiger partial charge on any atom is 0.112 e. The van der Waals surface area contributed by atoms with Crippen LogP contribution in [0.4, 0.5) is 0 Å². The minimum atomic E-state index is -0.119. The van der Waals surface area contributed by atoms with Crippen molar-refractivity contribution in [3.63, 3.8) is 0 Å². The van der Waals surface area contributed by atoms with Gasteiger partial charge in [0.25, 0.3) is 0 Å². The summed E-state index contributed by atoms with van der Waals surface area (Å²) in [6.07, 6.45) is 1.09. The average Bonchev–Trinajstić information content (AvgIpc) is 3.83. The van der Waals surface area contributed by atoms with E-state index in [-0.39, 0.29) is 18.3 Å². The minimum absolute atomic E-state index is 0.0834. The Balaban J connectivity index is 1.52. The largest absolute Gasteiger partial charge is 0.371 e. The molecule has 0 aromatic heterocycles. The molecule has 0 amide bonds. The molecule has 3 unspecified atom stereocenters. The third kappa shape index (κ3) is 3.57. The van der Waals surface area contributed by atoms with Crippen molar-refractivity contribution < 1.29 is 14.2 Å². The van der Waals surface area contributed by atoms with Gasteiger partial charge in [-0.3, -0.25) is 0 Å². The predicted octanol–water partition coefficient (Wildman–Crippen LogP) is 6.45. The lowest BCUT2D eigenvalue weighted by molar-refractivity contribution is 0.0232. The molecule has 7 rings (SSSR count). The fraction of sp³-hybridized carbons (Fsp3) is 0.226. The summed E-state index contributed by atoms with van der Waals surface area (Å²) in [4.78, 5) is 0. The van der Waals surface area contributed by atoms with Gasteiger partial charge in [0.15, 0.2) is 0 Å². The van der Waals surface area contributed by atoms with E-state index < -0.39 is 0 Å². The second-order valence-electron chi connectivity index (χ2n) is 9.39. The van der Waals surface area contributed by atoms with E-state index in [9.17, 15) is 0 Å². The summed E-state index contributed by atoms with van der Waals surface area (Å²) in [5, 5.41) is 0. The second kappa shape index (κ2) is 8.21. The Hall–Kier alpha value is -3.24. The Bertz CT molecular complexity index is 1340. The Morgan fingerprint density at radius 1 is 0.735 bits per heavy atom. The number of benzene rings is 4. The van der Waals surface area contributed by atoms with E-state index in [0.29, 0.717) is 6.61 Å². The van der Waals surface area contributed by atoms with Crippen LogP contribution >= 0.6 is 0 Å². The van der Waals surface area contributed by atoms with Crippen molar-refractivity contribution in [1.29, 1.82) is 0 Å². The van der Waals surface area contributed by atoms with Gasteiger partial charge in [0, 0.05) is 0 Å². The molecule has 0 spiro atoms. The molecule has 0 saturated carbocycles. The predicted molar refractivity (Wildman–Crippen MR) is 134 cm³/mol. The van der Waals surface area contributed by atoms with Gasteiger partial charge in [-0.05, 0) is 62.6 Å². The molecule has 4 aromatic rings. The maximum atomic E-state index is 6.60. The Morgan fingerprint density at radius 2 is 1.41 bits per heavy atom. The smallest absolute Gasteiger partial charge is 0.112 e. The molecule has 3 nitrogen and oxygen atoms in total. The van der Waals surface area contributed by atoms with E-state index in [1.165, 1.54) is 50.1 Å². The summed E-state index contributed by atoms with van der Waals surface area (Å²) in [7, 11) is 0. The first kappa shape index (κ1) is 20.2. The van der Waals surface area contributed by atoms with Gasteiger partial charge in [0.05, 0.1) is 19.8 Å². The van der Waals surface area contributed by atoms with Crippen molar-refractivity contribution in [3.8, 4) is 33.4 Å². The van der Waals surface area contributed by atoms with E-state index in [4.69, 9.17) is 14.2 Å². The van der Waals surface area contributed by atoms with Crippen LogP contribution in [0, 0.1) is 0 Å². The zero-order chi connectivity index (χ0) is 22.5. The zero-order valence-electron chi connectivity index (χ0n) is 18.9. The topological polar surface area (TPSA) is 34.3 Å². The summed E-state index contributed by atoms with van der Waals surface area (Å²) in [5.74, 6) is 0. The van der Waals surface area contributed by atoms with Crippen molar-refractivity contribution in [2.24, 2.45) is 0 Å². The normalized spacial score (nSPS) is 20.5. The minimum Gasteiger partial charge on any atom is -0.371 e. The molecule has 2 heterocycles.